The predicted molar refractivity (Wildman–Crippen MR) is 77.6 cm³/mol. The van der Waals surface area contributed by atoms with Crippen molar-refractivity contribution in [2.45, 2.75) is 20.4 Å². The Bertz CT molecular complexity index is 762. The number of nitrogens with zero attached hydrogens (tertiary/aromatic N) is 2. The van der Waals surface area contributed by atoms with Crippen molar-refractivity contribution in [3.05, 3.63) is 57.1 Å². The summed E-state index contributed by atoms with van der Waals surface area (Å²) < 4.78 is 21.0. The van der Waals surface area contributed by atoms with Crippen molar-refractivity contribution in [3.8, 4) is 11.4 Å². The number of halogens is 1. The van der Waals surface area contributed by atoms with Crippen LogP contribution in [0.15, 0.2) is 40.2 Å². The number of ether oxygens (including phenoxy) is 1. The SMILES string of the molecule is COc1ccc(-n2ccn(CC(C)C)c(=O)c2=O)cc1F. The molecule has 0 saturated carbocycles. The first-order valence-corrected chi connectivity index (χ1v) is 6.60. The van der Waals surface area contributed by atoms with E-state index in [9.17, 15) is 14.0 Å². The zero-order valence-electron chi connectivity index (χ0n) is 12.2. The van der Waals surface area contributed by atoms with Gasteiger partial charge >= 0.3 is 11.1 Å². The van der Waals surface area contributed by atoms with Crippen molar-refractivity contribution in [1.29, 1.82) is 0 Å². The summed E-state index contributed by atoms with van der Waals surface area (Å²) in [5.74, 6) is -0.260. The van der Waals surface area contributed by atoms with E-state index in [0.29, 0.717) is 6.54 Å². The number of hydrogen-bond donors (Lipinski definition) is 0. The minimum absolute atomic E-state index is 0.0833. The van der Waals surface area contributed by atoms with Crippen LogP contribution >= 0.6 is 0 Å². The first-order chi connectivity index (χ1) is 9.93. The number of aromatic nitrogens is 2. The first-order valence-electron chi connectivity index (χ1n) is 6.60. The molecule has 0 fully saturated rings. The van der Waals surface area contributed by atoms with E-state index in [-0.39, 0.29) is 17.4 Å². The summed E-state index contributed by atoms with van der Waals surface area (Å²) in [5, 5.41) is 0. The number of methoxy groups -OCH3 is 1. The van der Waals surface area contributed by atoms with Gasteiger partial charge in [0.15, 0.2) is 11.6 Å². The normalized spacial score (nSPS) is 10.9. The highest BCUT2D eigenvalue weighted by molar-refractivity contribution is 5.38. The molecule has 0 aliphatic heterocycles. The average Bonchev–Trinajstić information content (AvgIpc) is 2.43. The van der Waals surface area contributed by atoms with Gasteiger partial charge in [-0.05, 0) is 18.1 Å². The van der Waals surface area contributed by atoms with Gasteiger partial charge in [-0.25, -0.2) is 4.39 Å². The molecule has 1 aromatic carbocycles. The Labute approximate surface area is 121 Å². The molecule has 0 bridgehead atoms. The second-order valence-corrected chi connectivity index (χ2v) is 5.14. The minimum Gasteiger partial charge on any atom is -0.494 e. The second-order valence-electron chi connectivity index (χ2n) is 5.14. The molecule has 0 amide bonds. The number of benzene rings is 1. The lowest BCUT2D eigenvalue weighted by Gasteiger charge is -2.11. The second kappa shape index (κ2) is 5.95. The van der Waals surface area contributed by atoms with E-state index in [1.54, 1.807) is 0 Å². The third kappa shape index (κ3) is 3.04. The molecule has 0 radical (unpaired) electrons. The molecule has 0 aliphatic rings. The largest absolute Gasteiger partial charge is 0.494 e. The Morgan fingerprint density at radius 1 is 1.19 bits per heavy atom. The maximum absolute atomic E-state index is 13.7. The Hall–Kier alpha value is -2.37. The van der Waals surface area contributed by atoms with Gasteiger partial charge in [0.25, 0.3) is 0 Å². The van der Waals surface area contributed by atoms with E-state index in [2.05, 4.69) is 0 Å². The Morgan fingerprint density at radius 3 is 2.48 bits per heavy atom. The summed E-state index contributed by atoms with van der Waals surface area (Å²) in [6, 6.07) is 4.10. The number of rotatable bonds is 4. The molecule has 0 saturated heterocycles. The summed E-state index contributed by atoms with van der Waals surface area (Å²) in [7, 11) is 1.36. The van der Waals surface area contributed by atoms with E-state index in [4.69, 9.17) is 4.74 Å². The van der Waals surface area contributed by atoms with Gasteiger partial charge in [0.1, 0.15) is 0 Å². The van der Waals surface area contributed by atoms with Crippen molar-refractivity contribution in [2.75, 3.05) is 7.11 Å². The fraction of sp³-hybridized carbons (Fsp3) is 0.333. The summed E-state index contributed by atoms with van der Waals surface area (Å²) in [5.41, 5.74) is -1.04. The van der Waals surface area contributed by atoms with Crippen molar-refractivity contribution in [2.24, 2.45) is 5.92 Å². The molecule has 0 spiro atoms. The first kappa shape index (κ1) is 15.0. The lowest BCUT2D eigenvalue weighted by atomic mass is 10.2. The highest BCUT2D eigenvalue weighted by atomic mass is 19.1. The summed E-state index contributed by atoms with van der Waals surface area (Å²) >= 11 is 0. The van der Waals surface area contributed by atoms with Crippen LogP contribution in [0.25, 0.3) is 5.69 Å². The van der Waals surface area contributed by atoms with E-state index in [1.807, 2.05) is 13.8 Å². The third-order valence-corrected chi connectivity index (χ3v) is 3.03. The molecule has 21 heavy (non-hydrogen) atoms. The van der Waals surface area contributed by atoms with Gasteiger partial charge in [-0.2, -0.15) is 0 Å². The van der Waals surface area contributed by atoms with Gasteiger partial charge in [0.05, 0.1) is 12.8 Å². The molecular formula is C15H17FN2O3. The van der Waals surface area contributed by atoms with Gasteiger partial charge in [0, 0.05) is 25.0 Å². The highest BCUT2D eigenvalue weighted by Gasteiger charge is 2.10. The average molecular weight is 292 g/mol. The van der Waals surface area contributed by atoms with Crippen molar-refractivity contribution < 1.29 is 9.13 Å². The monoisotopic (exact) mass is 292 g/mol. The molecule has 2 aromatic rings. The summed E-state index contributed by atoms with van der Waals surface area (Å²) in [6.45, 7) is 4.37. The van der Waals surface area contributed by atoms with E-state index in [0.717, 1.165) is 10.6 Å². The van der Waals surface area contributed by atoms with Gasteiger partial charge in [-0.1, -0.05) is 13.8 Å². The van der Waals surface area contributed by atoms with Crippen LogP contribution in [0.5, 0.6) is 5.75 Å². The van der Waals surface area contributed by atoms with Crippen molar-refractivity contribution in [1.82, 2.24) is 9.13 Å². The van der Waals surface area contributed by atoms with Crippen molar-refractivity contribution >= 4 is 0 Å². The Balaban J connectivity index is 2.51. The molecule has 5 nitrogen and oxygen atoms in total. The molecular weight excluding hydrogens is 275 g/mol. The smallest absolute Gasteiger partial charge is 0.320 e. The zero-order valence-corrected chi connectivity index (χ0v) is 12.2. The summed E-state index contributed by atoms with van der Waals surface area (Å²) in [4.78, 5) is 24.1. The van der Waals surface area contributed by atoms with Crippen LogP contribution in [-0.4, -0.2) is 16.2 Å². The Kier molecular flexibility index (Phi) is 4.26. The van der Waals surface area contributed by atoms with Crippen molar-refractivity contribution in [3.63, 3.8) is 0 Å². The zero-order chi connectivity index (χ0) is 15.6. The van der Waals surface area contributed by atoms with Gasteiger partial charge in [0.2, 0.25) is 0 Å². The molecule has 6 heteroatoms. The molecule has 2 rings (SSSR count). The molecule has 0 unspecified atom stereocenters. The van der Waals surface area contributed by atoms with Crippen LogP contribution in [0.3, 0.4) is 0 Å². The van der Waals surface area contributed by atoms with Crippen LogP contribution in [0.1, 0.15) is 13.8 Å². The molecule has 112 valence electrons. The molecule has 1 heterocycles. The van der Waals surface area contributed by atoms with E-state index in [1.165, 1.54) is 36.2 Å². The Morgan fingerprint density at radius 2 is 1.90 bits per heavy atom. The highest BCUT2D eigenvalue weighted by Crippen LogP contribution is 2.18. The van der Waals surface area contributed by atoms with Crippen LogP contribution in [0.2, 0.25) is 0 Å². The van der Waals surface area contributed by atoms with Crippen LogP contribution in [0.4, 0.5) is 4.39 Å². The molecule has 1 aromatic heterocycles. The van der Waals surface area contributed by atoms with Gasteiger partial charge in [-0.15, -0.1) is 0 Å². The quantitative estimate of drug-likeness (QED) is 0.808. The number of hydrogen-bond acceptors (Lipinski definition) is 3. The topological polar surface area (TPSA) is 53.2 Å². The molecule has 0 N–H and O–H groups in total. The van der Waals surface area contributed by atoms with E-state index < -0.39 is 16.9 Å². The molecule has 0 aliphatic carbocycles. The third-order valence-electron chi connectivity index (χ3n) is 3.03. The predicted octanol–water partition coefficient (Wildman–Crippen LogP) is 1.80. The van der Waals surface area contributed by atoms with Crippen LogP contribution in [-0.2, 0) is 6.54 Å². The summed E-state index contributed by atoms with van der Waals surface area (Å²) in [6.07, 6.45) is 3.00. The minimum atomic E-state index is -0.706. The molecule has 0 atom stereocenters. The maximum Gasteiger partial charge on any atom is 0.320 e. The van der Waals surface area contributed by atoms with Gasteiger partial charge in [-0.3, -0.25) is 14.2 Å². The van der Waals surface area contributed by atoms with Gasteiger partial charge < -0.3 is 9.30 Å². The van der Waals surface area contributed by atoms with Crippen LogP contribution in [0, 0.1) is 11.7 Å². The fourth-order valence-corrected chi connectivity index (χ4v) is 2.05. The fourth-order valence-electron chi connectivity index (χ4n) is 2.05. The lowest BCUT2D eigenvalue weighted by molar-refractivity contribution is 0.386. The standard InChI is InChI=1S/C15H17FN2O3/c1-10(2)9-17-6-7-18(15(20)14(17)19)11-4-5-13(21-3)12(16)8-11/h4-8,10H,9H2,1-3H3. The van der Waals surface area contributed by atoms with E-state index >= 15 is 0 Å². The van der Waals surface area contributed by atoms with Crippen LogP contribution < -0.4 is 15.9 Å². The maximum atomic E-state index is 13.7. The lowest BCUT2D eigenvalue weighted by Crippen LogP contribution is -2.40.